The molecule has 6 atom stereocenters. The van der Waals surface area contributed by atoms with Crippen LogP contribution in [-0.4, -0.2) is 72.9 Å². The summed E-state index contributed by atoms with van der Waals surface area (Å²) >= 11 is 0. The van der Waals surface area contributed by atoms with Crippen LogP contribution in [0.2, 0.25) is 0 Å². The van der Waals surface area contributed by atoms with Crippen LogP contribution in [0.25, 0.3) is 0 Å². The molecule has 0 aromatic heterocycles. The second-order valence-corrected chi connectivity index (χ2v) is 8.83. The highest BCUT2D eigenvalue weighted by Gasteiger charge is 2.48. The number of piperidine rings is 1. The third-order valence-corrected chi connectivity index (χ3v) is 7.23. The first-order chi connectivity index (χ1) is 13.9. The van der Waals surface area contributed by atoms with Gasteiger partial charge in [-0.1, -0.05) is 12.8 Å². The molecule has 4 aliphatic rings. The first-order valence-electron chi connectivity index (χ1n) is 10.6. The van der Waals surface area contributed by atoms with Crippen LogP contribution >= 0.6 is 0 Å². The molecule has 1 saturated carbocycles. The minimum absolute atomic E-state index is 0.154. The average Bonchev–Trinajstić information content (AvgIpc) is 3.09. The lowest BCUT2D eigenvalue weighted by Crippen LogP contribution is -2.64. The van der Waals surface area contributed by atoms with Gasteiger partial charge in [0.2, 0.25) is 0 Å². The number of hydrogen-bond acceptors (Lipinski definition) is 6. The number of nitriles is 1. The summed E-state index contributed by atoms with van der Waals surface area (Å²) in [6, 6.07) is 2.30. The minimum Gasteiger partial charge on any atom is -0.299 e. The van der Waals surface area contributed by atoms with Crippen LogP contribution in [0.5, 0.6) is 0 Å². The predicted octanol–water partition coefficient (Wildman–Crippen LogP) is 0.803. The van der Waals surface area contributed by atoms with Crippen molar-refractivity contribution < 1.29 is 18.0 Å². The van der Waals surface area contributed by atoms with Gasteiger partial charge in [-0.15, -0.1) is 0 Å². The van der Waals surface area contributed by atoms with E-state index in [2.05, 4.69) is 32.0 Å². The van der Waals surface area contributed by atoms with Crippen LogP contribution in [0.3, 0.4) is 0 Å². The minimum atomic E-state index is -4.11. The molecule has 10 heteroatoms. The van der Waals surface area contributed by atoms with Crippen LogP contribution in [0, 0.1) is 29.1 Å². The second-order valence-electron chi connectivity index (χ2n) is 8.83. The van der Waals surface area contributed by atoms with Gasteiger partial charge in [0.1, 0.15) is 5.92 Å². The monoisotopic (exact) mass is 414 g/mol. The first-order valence-corrected chi connectivity index (χ1v) is 10.6. The Morgan fingerprint density at radius 3 is 2.72 bits per heavy atom. The van der Waals surface area contributed by atoms with Crippen molar-refractivity contribution in [2.75, 3.05) is 32.8 Å². The Labute approximate surface area is 168 Å². The molecule has 3 N–H and O–H groups in total. The molecule has 1 aliphatic carbocycles. The second kappa shape index (κ2) is 8.38. The molecule has 0 radical (unpaired) electrons. The molecule has 6 unspecified atom stereocenters. The quantitative estimate of drug-likeness (QED) is 0.634. The Bertz CT molecular complexity index is 653. The van der Waals surface area contributed by atoms with Crippen molar-refractivity contribution in [1.82, 2.24) is 26.0 Å². The number of halogens is 3. The third kappa shape index (κ3) is 4.24. The number of nitrogens with one attached hydrogen (secondary N) is 3. The summed E-state index contributed by atoms with van der Waals surface area (Å²) in [4.78, 5) is 16.3. The molecule has 4 fully saturated rings. The van der Waals surface area contributed by atoms with Crippen molar-refractivity contribution in [3.63, 3.8) is 0 Å². The lowest BCUT2D eigenvalue weighted by molar-refractivity contribution is -0.198. The van der Waals surface area contributed by atoms with E-state index in [1.807, 2.05) is 0 Å². The summed E-state index contributed by atoms with van der Waals surface area (Å²) < 4.78 is 40.4. The molecule has 7 nitrogen and oxygen atoms in total. The molecule has 3 saturated heterocycles. The number of likely N-dealkylation sites (tertiary alicyclic amines) is 1. The van der Waals surface area contributed by atoms with Crippen LogP contribution in [0.4, 0.5) is 13.2 Å². The molecular formula is C19H29F3N6O. The van der Waals surface area contributed by atoms with Gasteiger partial charge in [0.05, 0.1) is 12.0 Å². The standard InChI is InChI=1S/C19H29F3N6O/c20-19(21,22)14-4-2-1-3-12(14)9-28-11-24-15-10-27(6-5-16(15)28)17-8-25-26-18(29)13(17)7-23/h12-17,24-25H,1-6,8-11H2,(H,26,29). The van der Waals surface area contributed by atoms with E-state index in [0.29, 0.717) is 39.1 Å². The van der Waals surface area contributed by atoms with Crippen molar-refractivity contribution >= 4 is 5.91 Å². The maximum Gasteiger partial charge on any atom is 0.392 e. The molecule has 1 amide bonds. The van der Waals surface area contributed by atoms with Crippen molar-refractivity contribution in [2.24, 2.45) is 17.8 Å². The van der Waals surface area contributed by atoms with Gasteiger partial charge in [0, 0.05) is 51.0 Å². The zero-order valence-electron chi connectivity index (χ0n) is 16.4. The number of carbonyl (C=O) groups excluding carboxylic acids is 1. The van der Waals surface area contributed by atoms with Crippen LogP contribution < -0.4 is 16.2 Å². The summed E-state index contributed by atoms with van der Waals surface area (Å²) in [6.07, 6.45) is -0.824. The summed E-state index contributed by atoms with van der Waals surface area (Å²) in [5.74, 6) is -2.52. The number of rotatable bonds is 3. The number of nitrogens with zero attached hydrogens (tertiary/aromatic N) is 3. The fourth-order valence-electron chi connectivity index (χ4n) is 5.71. The van der Waals surface area contributed by atoms with Gasteiger partial charge in [-0.25, -0.2) is 5.43 Å². The first kappa shape index (κ1) is 20.8. The van der Waals surface area contributed by atoms with E-state index in [9.17, 15) is 23.2 Å². The topological polar surface area (TPSA) is 83.4 Å². The number of hydrazine groups is 1. The lowest BCUT2D eigenvalue weighted by Gasteiger charge is -2.44. The molecule has 0 aromatic carbocycles. The van der Waals surface area contributed by atoms with Gasteiger partial charge in [-0.3, -0.25) is 25.3 Å². The van der Waals surface area contributed by atoms with Crippen molar-refractivity contribution in [1.29, 1.82) is 5.26 Å². The van der Waals surface area contributed by atoms with Crippen molar-refractivity contribution in [3.05, 3.63) is 0 Å². The van der Waals surface area contributed by atoms with E-state index in [-0.39, 0.29) is 36.4 Å². The molecular weight excluding hydrogens is 385 g/mol. The molecule has 0 aromatic rings. The summed E-state index contributed by atoms with van der Waals surface area (Å²) in [5.41, 5.74) is 5.37. The molecule has 29 heavy (non-hydrogen) atoms. The fourth-order valence-corrected chi connectivity index (χ4v) is 5.71. The Morgan fingerprint density at radius 1 is 1.17 bits per heavy atom. The summed E-state index contributed by atoms with van der Waals surface area (Å²) in [6.45, 7) is 3.05. The number of hydrogen-bond donors (Lipinski definition) is 3. The molecule has 0 spiro atoms. The summed E-state index contributed by atoms with van der Waals surface area (Å²) in [5, 5.41) is 12.8. The van der Waals surface area contributed by atoms with Crippen LogP contribution in [0.1, 0.15) is 32.1 Å². The highest BCUT2D eigenvalue weighted by atomic mass is 19.4. The van der Waals surface area contributed by atoms with E-state index in [0.717, 1.165) is 19.4 Å². The zero-order chi connectivity index (χ0) is 20.6. The van der Waals surface area contributed by atoms with Crippen molar-refractivity contribution in [3.8, 4) is 6.07 Å². The summed E-state index contributed by atoms with van der Waals surface area (Å²) in [7, 11) is 0. The van der Waals surface area contributed by atoms with E-state index < -0.39 is 18.0 Å². The Kier molecular flexibility index (Phi) is 6.02. The van der Waals surface area contributed by atoms with Crippen LogP contribution in [0.15, 0.2) is 0 Å². The van der Waals surface area contributed by atoms with Crippen molar-refractivity contribution in [2.45, 2.75) is 56.4 Å². The fraction of sp³-hybridized carbons (Fsp3) is 0.895. The van der Waals surface area contributed by atoms with Gasteiger partial charge in [-0.2, -0.15) is 18.4 Å². The highest BCUT2D eigenvalue weighted by Crippen LogP contribution is 2.42. The molecule has 3 heterocycles. The third-order valence-electron chi connectivity index (χ3n) is 7.23. The molecule has 4 rings (SSSR count). The van der Waals surface area contributed by atoms with E-state index >= 15 is 0 Å². The SMILES string of the molecule is N#CC1C(=O)NNCC1N1CCC2C(C1)NCN2CC1CCCCC1C(F)(F)F. The van der Waals surface area contributed by atoms with Crippen LogP contribution in [-0.2, 0) is 4.79 Å². The van der Waals surface area contributed by atoms with Gasteiger partial charge in [0.15, 0.2) is 0 Å². The Balaban J connectivity index is 1.37. The lowest BCUT2D eigenvalue weighted by atomic mass is 9.78. The van der Waals surface area contributed by atoms with E-state index in [1.165, 1.54) is 0 Å². The zero-order valence-corrected chi connectivity index (χ0v) is 16.4. The average molecular weight is 414 g/mol. The number of alkyl halides is 3. The molecule has 0 bridgehead atoms. The van der Waals surface area contributed by atoms with Gasteiger partial charge in [-0.05, 0) is 25.2 Å². The largest absolute Gasteiger partial charge is 0.392 e. The van der Waals surface area contributed by atoms with Gasteiger partial charge < -0.3 is 0 Å². The number of carbonyl (C=O) groups is 1. The Hall–Kier alpha value is -1.41. The van der Waals surface area contributed by atoms with E-state index in [4.69, 9.17) is 0 Å². The number of fused-ring (bicyclic) bond motifs is 1. The van der Waals surface area contributed by atoms with Gasteiger partial charge >= 0.3 is 6.18 Å². The van der Waals surface area contributed by atoms with E-state index in [1.54, 1.807) is 0 Å². The smallest absolute Gasteiger partial charge is 0.299 e. The highest BCUT2D eigenvalue weighted by molar-refractivity contribution is 5.82. The molecule has 3 aliphatic heterocycles. The maximum absolute atomic E-state index is 13.5. The number of amides is 1. The normalized spacial score (nSPS) is 39.6. The predicted molar refractivity (Wildman–Crippen MR) is 99.0 cm³/mol. The van der Waals surface area contributed by atoms with Gasteiger partial charge in [0.25, 0.3) is 5.91 Å². The Morgan fingerprint density at radius 2 is 1.97 bits per heavy atom. The molecule has 162 valence electrons. The maximum atomic E-state index is 13.5.